The van der Waals surface area contributed by atoms with Crippen LogP contribution in [0.15, 0.2) is 352 Å². The van der Waals surface area contributed by atoms with E-state index in [1.165, 1.54) is 71.7 Å². The lowest BCUT2D eigenvalue weighted by molar-refractivity contribution is 1.16. The molecule has 0 saturated carbocycles. The molecule has 2 aliphatic rings. The number of pyridine rings is 2. The molecular weight excluding hydrogens is 1140 g/mol. The van der Waals surface area contributed by atoms with Gasteiger partial charge in [0.05, 0.1) is 16.7 Å². The third-order valence-electron chi connectivity index (χ3n) is 19.1. The molecule has 0 unspecified atom stereocenters. The Morgan fingerprint density at radius 2 is 0.511 bits per heavy atom. The molecule has 438 valence electrons. The number of para-hydroxylation sites is 2. The Morgan fingerprint density at radius 1 is 0.213 bits per heavy atom. The third kappa shape index (κ3) is 9.50. The van der Waals surface area contributed by atoms with Crippen LogP contribution in [0.3, 0.4) is 0 Å². The first-order valence-electron chi connectivity index (χ1n) is 32.2. The van der Waals surface area contributed by atoms with Gasteiger partial charge in [0.15, 0.2) is 0 Å². The van der Waals surface area contributed by atoms with Crippen LogP contribution in [0.1, 0.15) is 0 Å². The van der Waals surface area contributed by atoms with E-state index < -0.39 is 0 Å². The van der Waals surface area contributed by atoms with Crippen LogP contribution in [0.25, 0.3) is 117 Å². The smallest absolute Gasteiger partial charge is 0.252 e. The van der Waals surface area contributed by atoms with Gasteiger partial charge in [-0.05, 0) is 227 Å². The van der Waals surface area contributed by atoms with Gasteiger partial charge in [-0.1, -0.05) is 206 Å². The first kappa shape index (κ1) is 54.5. The van der Waals surface area contributed by atoms with Gasteiger partial charge in [0.25, 0.3) is 6.71 Å². The summed E-state index contributed by atoms with van der Waals surface area (Å²) in [6.07, 6.45) is 7.57. The molecule has 0 fully saturated rings. The molecule has 0 bridgehead atoms. The summed E-state index contributed by atoms with van der Waals surface area (Å²) < 4.78 is 2.57. The summed E-state index contributed by atoms with van der Waals surface area (Å²) in [7, 11) is 0. The average molecular weight is 1200 g/mol. The van der Waals surface area contributed by atoms with Crippen molar-refractivity contribution in [3.63, 3.8) is 0 Å². The van der Waals surface area contributed by atoms with Gasteiger partial charge < -0.3 is 14.4 Å². The molecule has 0 N–H and O–H groups in total. The molecule has 0 spiro atoms. The van der Waals surface area contributed by atoms with Gasteiger partial charge >= 0.3 is 0 Å². The second-order valence-electron chi connectivity index (χ2n) is 24.6. The van der Waals surface area contributed by atoms with Crippen molar-refractivity contribution >= 4 is 79.0 Å². The number of benzene rings is 13. The van der Waals surface area contributed by atoms with Crippen LogP contribution < -0.4 is 26.2 Å². The normalized spacial score (nSPS) is 12.2. The molecule has 0 amide bonds. The molecular formula is C88H58BN5. The van der Waals surface area contributed by atoms with Gasteiger partial charge in [-0.15, -0.1) is 0 Å². The fraction of sp³-hybridized carbons (Fsp3) is 0. The van der Waals surface area contributed by atoms with Crippen molar-refractivity contribution in [3.05, 3.63) is 352 Å². The summed E-state index contributed by atoms with van der Waals surface area (Å²) in [4.78, 5) is 13.9. The zero-order valence-corrected chi connectivity index (χ0v) is 51.3. The van der Waals surface area contributed by atoms with E-state index in [1.807, 2.05) is 24.8 Å². The van der Waals surface area contributed by atoms with E-state index in [-0.39, 0.29) is 6.71 Å². The minimum atomic E-state index is -0.171. The Kier molecular flexibility index (Phi) is 13.3. The highest BCUT2D eigenvalue weighted by Gasteiger charge is 2.44. The van der Waals surface area contributed by atoms with Gasteiger partial charge in [-0.2, -0.15) is 0 Å². The summed E-state index contributed by atoms with van der Waals surface area (Å²) in [5.41, 5.74) is 32.0. The zero-order chi connectivity index (χ0) is 62.1. The van der Waals surface area contributed by atoms with Gasteiger partial charge in [0.1, 0.15) is 0 Å². The summed E-state index contributed by atoms with van der Waals surface area (Å²) in [6, 6.07) is 121. The number of anilines is 6. The highest BCUT2D eigenvalue weighted by atomic mass is 15.2. The molecule has 0 saturated heterocycles. The lowest BCUT2D eigenvalue weighted by Crippen LogP contribution is -2.61. The Morgan fingerprint density at radius 3 is 0.862 bits per heavy atom. The third-order valence-corrected chi connectivity index (χ3v) is 19.1. The van der Waals surface area contributed by atoms with Crippen LogP contribution in [0.4, 0.5) is 34.1 Å². The number of hydrogen-bond donors (Lipinski definition) is 0. The average Bonchev–Trinajstić information content (AvgIpc) is 0.927. The summed E-state index contributed by atoms with van der Waals surface area (Å²) >= 11 is 0. The molecule has 13 aromatic carbocycles. The van der Waals surface area contributed by atoms with Gasteiger partial charge in [-0.25, -0.2) is 0 Å². The van der Waals surface area contributed by atoms with E-state index in [9.17, 15) is 0 Å². The summed E-state index contributed by atoms with van der Waals surface area (Å²) in [5.74, 6) is 0. The fourth-order valence-electron chi connectivity index (χ4n) is 14.7. The van der Waals surface area contributed by atoms with Crippen LogP contribution in [0, 0.1) is 0 Å². The molecule has 16 aromatic rings. The van der Waals surface area contributed by atoms with E-state index in [0.717, 1.165) is 95.4 Å². The second kappa shape index (κ2) is 22.8. The van der Waals surface area contributed by atoms with E-state index in [1.54, 1.807) is 0 Å². The van der Waals surface area contributed by atoms with Crippen molar-refractivity contribution in [3.8, 4) is 94.7 Å². The minimum absolute atomic E-state index is 0.171. The Labute approximate surface area is 547 Å². The number of aromatic nitrogens is 3. The van der Waals surface area contributed by atoms with Gasteiger partial charge in [0.2, 0.25) is 0 Å². The Hall–Kier alpha value is -12.4. The summed E-state index contributed by atoms with van der Waals surface area (Å²) in [5, 5.41) is 2.34. The lowest BCUT2D eigenvalue weighted by Gasteiger charge is -2.44. The van der Waals surface area contributed by atoms with Crippen molar-refractivity contribution in [1.82, 2.24) is 14.5 Å². The molecule has 0 atom stereocenters. The molecule has 18 rings (SSSR count). The van der Waals surface area contributed by atoms with Crippen molar-refractivity contribution in [1.29, 1.82) is 0 Å². The van der Waals surface area contributed by atoms with E-state index in [2.05, 4.69) is 352 Å². The highest BCUT2D eigenvalue weighted by molar-refractivity contribution is 7.00. The van der Waals surface area contributed by atoms with Crippen molar-refractivity contribution in [2.24, 2.45) is 0 Å². The number of fused-ring (bicyclic) bond motifs is 7. The van der Waals surface area contributed by atoms with Gasteiger partial charge in [0, 0.05) is 69.7 Å². The lowest BCUT2D eigenvalue weighted by atomic mass is 9.33. The monoisotopic (exact) mass is 1200 g/mol. The molecule has 0 aliphatic carbocycles. The van der Waals surface area contributed by atoms with Gasteiger partial charge in [-0.3, -0.25) is 9.97 Å². The van der Waals surface area contributed by atoms with E-state index in [0.29, 0.717) is 0 Å². The topological polar surface area (TPSA) is 37.2 Å². The van der Waals surface area contributed by atoms with Crippen LogP contribution in [-0.2, 0) is 0 Å². The Balaban J connectivity index is 0.943. The number of nitrogens with zero attached hydrogens (tertiary/aromatic N) is 5. The first-order valence-corrected chi connectivity index (χ1v) is 32.2. The number of rotatable bonds is 11. The maximum absolute atomic E-state index is 4.44. The summed E-state index contributed by atoms with van der Waals surface area (Å²) in [6.45, 7) is -0.171. The molecule has 2 aliphatic heterocycles. The molecule has 94 heavy (non-hydrogen) atoms. The molecule has 5 heterocycles. The van der Waals surface area contributed by atoms with Crippen LogP contribution in [-0.4, -0.2) is 21.2 Å². The van der Waals surface area contributed by atoms with E-state index in [4.69, 9.17) is 0 Å². The predicted molar refractivity (Wildman–Crippen MR) is 394 cm³/mol. The predicted octanol–water partition coefficient (Wildman–Crippen LogP) is 21.0. The van der Waals surface area contributed by atoms with Crippen molar-refractivity contribution in [2.45, 2.75) is 0 Å². The quantitative estimate of drug-likeness (QED) is 0.121. The minimum Gasteiger partial charge on any atom is -0.311 e. The molecule has 6 heteroatoms. The second-order valence-corrected chi connectivity index (χ2v) is 24.6. The van der Waals surface area contributed by atoms with Crippen LogP contribution in [0.2, 0.25) is 0 Å². The number of hydrogen-bond acceptors (Lipinski definition) is 4. The molecule has 5 nitrogen and oxygen atoms in total. The highest BCUT2D eigenvalue weighted by Crippen LogP contribution is 2.48. The zero-order valence-electron chi connectivity index (χ0n) is 51.3. The maximum atomic E-state index is 4.44. The first-order chi connectivity index (χ1) is 46.6. The Bertz CT molecular complexity index is 5080. The SMILES string of the molecule is c1ccc(-c2cc(-c3ccccc3)cc(-c3ccc4c5ccc(-c6cc(-c7ccccc7)cc(-c7ccccc7)c6)cc5n(-c5cc6c7c(c5)N(c5ccccc5)c5ccc(-c8ccncc8)cc5B7c5cc(-c7ccncc7)ccc5N6c5ccccc5)c4c3)c2)cc1. The standard InChI is InChI=1S/C88H58BN5/c1-7-19-59(20-8-1)69-47-70(60-21-9-2-10-22-60)50-73(49-69)67-31-35-78-79-36-32-68(74-51-71(61-23-11-3-12-24-61)48-72(52-74)62-25-13-4-14-26-62)56-85(79)94(84(78)55-67)77-57-86-88-87(58-77)93(76-29-17-6-18-30-76)83-38-34-66(64-41-45-91-46-42-64)54-81(83)89(88)80-53-65(63-39-43-90-44-40-63)33-37-82(80)92(86)75-27-15-5-16-28-75/h1-58H. The molecule has 3 aromatic heterocycles. The maximum Gasteiger partial charge on any atom is 0.252 e. The van der Waals surface area contributed by atoms with Crippen LogP contribution in [0.5, 0.6) is 0 Å². The van der Waals surface area contributed by atoms with Crippen LogP contribution >= 0.6 is 0 Å². The molecule has 0 radical (unpaired) electrons. The van der Waals surface area contributed by atoms with E-state index >= 15 is 0 Å². The van der Waals surface area contributed by atoms with Crippen molar-refractivity contribution < 1.29 is 0 Å². The van der Waals surface area contributed by atoms with Crippen molar-refractivity contribution in [2.75, 3.05) is 9.80 Å². The largest absolute Gasteiger partial charge is 0.311 e. The fourth-order valence-corrected chi connectivity index (χ4v) is 14.7.